The van der Waals surface area contributed by atoms with Gasteiger partial charge in [-0.25, -0.2) is 4.39 Å². The Hall–Kier alpha value is -1.21. The van der Waals surface area contributed by atoms with Crippen LogP contribution in [0.4, 0.5) is 4.39 Å². The van der Waals surface area contributed by atoms with Gasteiger partial charge in [-0.1, -0.05) is 19.1 Å². The van der Waals surface area contributed by atoms with Crippen molar-refractivity contribution in [3.8, 4) is 11.3 Å². The minimum absolute atomic E-state index is 0.355. The zero-order valence-corrected chi connectivity index (χ0v) is 14.2. The third-order valence-corrected chi connectivity index (χ3v) is 5.30. The minimum atomic E-state index is -1.22. The van der Waals surface area contributed by atoms with E-state index in [1.54, 1.807) is 6.07 Å². The Kier molecular flexibility index (Phi) is 4.12. The topological polar surface area (TPSA) is 30.2 Å². The molecule has 0 aliphatic rings. The Morgan fingerprint density at radius 1 is 1.19 bits per heavy atom. The van der Waals surface area contributed by atoms with Crippen molar-refractivity contribution >= 4 is 44.4 Å². The Balaban J connectivity index is 2.30. The molecule has 0 aliphatic heterocycles. The third kappa shape index (κ3) is 2.76. The SMILES string of the molecule is CC[S@](=O)c1c(-c2ccc(I)cc2)oc2ccc(F)cc12. The largest absolute Gasteiger partial charge is 0.455 e. The maximum Gasteiger partial charge on any atom is 0.151 e. The summed E-state index contributed by atoms with van der Waals surface area (Å²) in [6.45, 7) is 1.84. The first kappa shape index (κ1) is 14.7. The number of benzene rings is 2. The summed E-state index contributed by atoms with van der Waals surface area (Å²) in [5.74, 6) is 0.668. The lowest BCUT2D eigenvalue weighted by atomic mass is 10.1. The monoisotopic (exact) mass is 414 g/mol. The van der Waals surface area contributed by atoms with E-state index in [1.807, 2.05) is 31.2 Å². The van der Waals surface area contributed by atoms with Crippen LogP contribution in [0.5, 0.6) is 0 Å². The molecule has 5 heteroatoms. The fourth-order valence-electron chi connectivity index (χ4n) is 2.21. The molecule has 0 aliphatic carbocycles. The van der Waals surface area contributed by atoms with E-state index in [2.05, 4.69) is 22.6 Å². The summed E-state index contributed by atoms with van der Waals surface area (Å²) in [7, 11) is -1.22. The number of rotatable bonds is 3. The first-order chi connectivity index (χ1) is 10.1. The van der Waals surface area contributed by atoms with Gasteiger partial charge in [0.05, 0.1) is 15.7 Å². The Bertz CT molecular complexity index is 824. The van der Waals surface area contributed by atoms with Gasteiger partial charge < -0.3 is 4.42 Å². The predicted octanol–water partition coefficient (Wildman–Crippen LogP) is 4.97. The molecule has 21 heavy (non-hydrogen) atoms. The van der Waals surface area contributed by atoms with E-state index in [0.29, 0.717) is 27.4 Å². The lowest BCUT2D eigenvalue weighted by Gasteiger charge is -2.02. The van der Waals surface area contributed by atoms with Crippen LogP contribution in [-0.4, -0.2) is 9.96 Å². The molecule has 0 fully saturated rings. The van der Waals surface area contributed by atoms with Gasteiger partial charge in [-0.2, -0.15) is 0 Å². The molecular weight excluding hydrogens is 402 g/mol. The molecule has 0 amide bonds. The van der Waals surface area contributed by atoms with Crippen LogP contribution in [0.25, 0.3) is 22.3 Å². The van der Waals surface area contributed by atoms with Gasteiger partial charge in [0.2, 0.25) is 0 Å². The normalized spacial score (nSPS) is 12.7. The number of hydrogen-bond donors (Lipinski definition) is 0. The molecule has 0 bridgehead atoms. The average Bonchev–Trinajstić information content (AvgIpc) is 2.85. The zero-order valence-electron chi connectivity index (χ0n) is 11.2. The molecule has 0 radical (unpaired) electrons. The van der Waals surface area contributed by atoms with Crippen LogP contribution in [0.3, 0.4) is 0 Å². The molecule has 1 aromatic heterocycles. The molecule has 1 heterocycles. The Morgan fingerprint density at radius 2 is 1.90 bits per heavy atom. The predicted molar refractivity (Wildman–Crippen MR) is 91.3 cm³/mol. The first-order valence-corrected chi connectivity index (χ1v) is 8.86. The van der Waals surface area contributed by atoms with Gasteiger partial charge >= 0.3 is 0 Å². The molecule has 3 aromatic rings. The van der Waals surface area contributed by atoms with Crippen molar-refractivity contribution < 1.29 is 13.0 Å². The van der Waals surface area contributed by atoms with Crippen molar-refractivity contribution in [2.24, 2.45) is 0 Å². The Morgan fingerprint density at radius 3 is 2.57 bits per heavy atom. The highest BCUT2D eigenvalue weighted by Gasteiger charge is 2.20. The van der Waals surface area contributed by atoms with Gasteiger partial charge in [0, 0.05) is 20.3 Å². The van der Waals surface area contributed by atoms with Crippen molar-refractivity contribution in [3.05, 3.63) is 51.9 Å². The van der Waals surface area contributed by atoms with E-state index in [0.717, 1.165) is 9.13 Å². The summed E-state index contributed by atoms with van der Waals surface area (Å²) in [6.07, 6.45) is 0. The highest BCUT2D eigenvalue weighted by atomic mass is 127. The summed E-state index contributed by atoms with van der Waals surface area (Å²) in [4.78, 5) is 0.577. The fraction of sp³-hybridized carbons (Fsp3) is 0.125. The number of furan rings is 1. The molecule has 2 nitrogen and oxygen atoms in total. The van der Waals surface area contributed by atoms with Gasteiger partial charge in [0.15, 0.2) is 5.76 Å². The van der Waals surface area contributed by atoms with Gasteiger partial charge in [0.25, 0.3) is 0 Å². The van der Waals surface area contributed by atoms with E-state index in [9.17, 15) is 8.60 Å². The van der Waals surface area contributed by atoms with Crippen molar-refractivity contribution in [3.63, 3.8) is 0 Å². The summed E-state index contributed by atoms with van der Waals surface area (Å²) in [5.41, 5.74) is 1.41. The number of hydrogen-bond acceptors (Lipinski definition) is 2. The summed E-state index contributed by atoms with van der Waals surface area (Å²) in [5, 5.41) is 0.587. The van der Waals surface area contributed by atoms with Crippen LogP contribution in [-0.2, 0) is 10.8 Å². The molecule has 3 rings (SSSR count). The molecule has 0 unspecified atom stereocenters. The van der Waals surface area contributed by atoms with Crippen molar-refractivity contribution in [2.45, 2.75) is 11.8 Å². The quantitative estimate of drug-likeness (QED) is 0.567. The van der Waals surface area contributed by atoms with Crippen molar-refractivity contribution in [2.75, 3.05) is 5.75 Å². The van der Waals surface area contributed by atoms with Gasteiger partial charge in [0.1, 0.15) is 11.4 Å². The first-order valence-electron chi connectivity index (χ1n) is 6.46. The Labute approximate surface area is 137 Å². The molecular formula is C16H12FIO2S. The van der Waals surface area contributed by atoms with E-state index in [-0.39, 0.29) is 5.82 Å². The lowest BCUT2D eigenvalue weighted by molar-refractivity contribution is 0.615. The van der Waals surface area contributed by atoms with Crippen LogP contribution in [0, 0.1) is 9.39 Å². The van der Waals surface area contributed by atoms with E-state index >= 15 is 0 Å². The van der Waals surface area contributed by atoms with Gasteiger partial charge in [-0.15, -0.1) is 0 Å². The highest BCUT2D eigenvalue weighted by molar-refractivity contribution is 14.1. The van der Waals surface area contributed by atoms with Crippen LogP contribution in [0.1, 0.15) is 6.92 Å². The van der Waals surface area contributed by atoms with Crippen LogP contribution in [0.15, 0.2) is 51.8 Å². The second-order valence-electron chi connectivity index (χ2n) is 4.54. The zero-order chi connectivity index (χ0) is 15.0. The van der Waals surface area contributed by atoms with Crippen LogP contribution in [0.2, 0.25) is 0 Å². The average molecular weight is 414 g/mol. The molecule has 0 N–H and O–H groups in total. The molecule has 2 aromatic carbocycles. The third-order valence-electron chi connectivity index (χ3n) is 3.20. The smallest absolute Gasteiger partial charge is 0.151 e. The maximum absolute atomic E-state index is 13.5. The summed E-state index contributed by atoms with van der Waals surface area (Å²) in [6, 6.07) is 12.1. The summed E-state index contributed by atoms with van der Waals surface area (Å²) < 4.78 is 32.8. The molecule has 108 valence electrons. The van der Waals surface area contributed by atoms with E-state index in [1.165, 1.54) is 12.1 Å². The second kappa shape index (κ2) is 5.88. The van der Waals surface area contributed by atoms with Crippen molar-refractivity contribution in [1.29, 1.82) is 0 Å². The molecule has 0 saturated heterocycles. The lowest BCUT2D eigenvalue weighted by Crippen LogP contribution is -1.95. The van der Waals surface area contributed by atoms with E-state index < -0.39 is 10.8 Å². The highest BCUT2D eigenvalue weighted by Crippen LogP contribution is 2.36. The van der Waals surface area contributed by atoms with E-state index in [4.69, 9.17) is 4.42 Å². The van der Waals surface area contributed by atoms with Gasteiger partial charge in [-0.05, 0) is 52.9 Å². The minimum Gasteiger partial charge on any atom is -0.455 e. The van der Waals surface area contributed by atoms with Gasteiger partial charge in [-0.3, -0.25) is 4.21 Å². The molecule has 1 atom stereocenters. The fourth-order valence-corrected chi connectivity index (χ4v) is 3.63. The number of fused-ring (bicyclic) bond motifs is 1. The van der Waals surface area contributed by atoms with Crippen LogP contribution < -0.4 is 0 Å². The standard InChI is InChI=1S/C16H12FIO2S/c1-2-21(19)16-13-9-11(17)5-8-14(13)20-15(16)10-3-6-12(18)7-4-10/h3-9H,2H2,1H3/t21-/m0/s1. The molecule has 0 spiro atoms. The molecule has 0 saturated carbocycles. The number of halogens is 2. The maximum atomic E-state index is 13.5. The van der Waals surface area contributed by atoms with Crippen molar-refractivity contribution in [1.82, 2.24) is 0 Å². The van der Waals surface area contributed by atoms with Crippen LogP contribution >= 0.6 is 22.6 Å². The second-order valence-corrected chi connectivity index (χ2v) is 7.46. The summed E-state index contributed by atoms with van der Waals surface area (Å²) >= 11 is 2.22.